The van der Waals surface area contributed by atoms with Crippen molar-refractivity contribution in [1.29, 1.82) is 0 Å². The van der Waals surface area contributed by atoms with E-state index in [4.69, 9.17) is 9.72 Å². The van der Waals surface area contributed by atoms with E-state index in [0.717, 1.165) is 52.4 Å². The Balaban J connectivity index is 1.46. The quantitative estimate of drug-likeness (QED) is 0.468. The van der Waals surface area contributed by atoms with Gasteiger partial charge in [0.25, 0.3) is 5.91 Å². The van der Waals surface area contributed by atoms with Gasteiger partial charge in [0, 0.05) is 44.8 Å². The van der Waals surface area contributed by atoms with Crippen LogP contribution in [0.25, 0.3) is 22.3 Å². The zero-order valence-electron chi connectivity index (χ0n) is 19.3. The summed E-state index contributed by atoms with van der Waals surface area (Å²) in [5, 5.41) is 0.908. The van der Waals surface area contributed by atoms with Crippen LogP contribution in [-0.2, 0) is 7.05 Å². The fourth-order valence-corrected chi connectivity index (χ4v) is 4.59. The number of hydrogen-bond acceptors (Lipinski definition) is 4. The second-order valence-electron chi connectivity index (χ2n) is 8.53. The molecule has 0 radical (unpaired) electrons. The van der Waals surface area contributed by atoms with Gasteiger partial charge in [-0.05, 0) is 49.4 Å². The minimum Gasteiger partial charge on any atom is -0.495 e. The third kappa shape index (κ3) is 3.93. The molecule has 5 rings (SSSR count). The summed E-state index contributed by atoms with van der Waals surface area (Å²) in [4.78, 5) is 22.9. The van der Waals surface area contributed by atoms with Gasteiger partial charge in [0.1, 0.15) is 5.75 Å². The molecule has 3 heterocycles. The summed E-state index contributed by atoms with van der Waals surface area (Å²) in [5.41, 5.74) is 5.55. The first-order chi connectivity index (χ1) is 16.0. The fourth-order valence-electron chi connectivity index (χ4n) is 4.59. The molecule has 0 bridgehead atoms. The summed E-state index contributed by atoms with van der Waals surface area (Å²) in [6, 6.07) is 20.1. The monoisotopic (exact) mass is 440 g/mol. The van der Waals surface area contributed by atoms with Gasteiger partial charge in [0.15, 0.2) is 0 Å². The summed E-state index contributed by atoms with van der Waals surface area (Å²) in [5.74, 6) is 0.920. The lowest BCUT2D eigenvalue weighted by Crippen LogP contribution is -2.49. The number of anilines is 1. The van der Waals surface area contributed by atoms with Crippen molar-refractivity contribution in [3.8, 4) is 17.1 Å². The van der Waals surface area contributed by atoms with Gasteiger partial charge in [-0.15, -0.1) is 0 Å². The lowest BCUT2D eigenvalue weighted by molar-refractivity contribution is 0.0748. The van der Waals surface area contributed by atoms with E-state index >= 15 is 0 Å². The number of amides is 1. The van der Waals surface area contributed by atoms with Crippen molar-refractivity contribution < 1.29 is 9.53 Å². The summed E-state index contributed by atoms with van der Waals surface area (Å²) in [6.45, 7) is 4.89. The summed E-state index contributed by atoms with van der Waals surface area (Å²) in [7, 11) is 3.69. The SMILES string of the molecule is COc1ccccc1N1CCN(C(=O)c2cc(-c3cccn3C)nc3ccc(C)cc23)CC1. The third-order valence-electron chi connectivity index (χ3n) is 6.39. The summed E-state index contributed by atoms with van der Waals surface area (Å²) < 4.78 is 7.56. The molecule has 6 heteroatoms. The van der Waals surface area contributed by atoms with Crippen molar-refractivity contribution in [1.82, 2.24) is 14.5 Å². The van der Waals surface area contributed by atoms with E-state index in [1.807, 2.05) is 78.2 Å². The number of carbonyl (C=O) groups excluding carboxylic acids is 1. The van der Waals surface area contributed by atoms with Gasteiger partial charge in [-0.2, -0.15) is 0 Å². The molecule has 0 atom stereocenters. The molecule has 0 saturated carbocycles. The average Bonchev–Trinajstić information content (AvgIpc) is 3.29. The van der Waals surface area contributed by atoms with Gasteiger partial charge in [-0.1, -0.05) is 23.8 Å². The van der Waals surface area contributed by atoms with Crippen LogP contribution in [0.3, 0.4) is 0 Å². The van der Waals surface area contributed by atoms with Crippen LogP contribution in [0.1, 0.15) is 15.9 Å². The van der Waals surface area contributed by atoms with Gasteiger partial charge in [0.05, 0.1) is 35.3 Å². The number of para-hydroxylation sites is 2. The van der Waals surface area contributed by atoms with E-state index in [2.05, 4.69) is 17.0 Å². The average molecular weight is 441 g/mol. The number of methoxy groups -OCH3 is 1. The highest BCUT2D eigenvalue weighted by Crippen LogP contribution is 2.30. The van der Waals surface area contributed by atoms with Crippen LogP contribution in [0, 0.1) is 6.92 Å². The number of piperazine rings is 1. The number of benzene rings is 2. The van der Waals surface area contributed by atoms with E-state index in [1.165, 1.54) is 0 Å². The van der Waals surface area contributed by atoms with E-state index < -0.39 is 0 Å². The molecule has 2 aromatic heterocycles. The van der Waals surface area contributed by atoms with Crippen LogP contribution in [0.4, 0.5) is 5.69 Å². The number of aryl methyl sites for hydroxylation is 2. The minimum atomic E-state index is 0.0585. The van der Waals surface area contributed by atoms with E-state index in [-0.39, 0.29) is 5.91 Å². The Hall–Kier alpha value is -3.80. The van der Waals surface area contributed by atoms with Crippen molar-refractivity contribution >= 4 is 22.5 Å². The predicted molar refractivity (Wildman–Crippen MR) is 132 cm³/mol. The van der Waals surface area contributed by atoms with Crippen molar-refractivity contribution in [3.05, 3.63) is 78.0 Å². The van der Waals surface area contributed by atoms with Crippen molar-refractivity contribution in [2.24, 2.45) is 7.05 Å². The molecule has 4 aromatic rings. The highest BCUT2D eigenvalue weighted by Gasteiger charge is 2.26. The molecule has 0 aliphatic carbocycles. The van der Waals surface area contributed by atoms with E-state index in [9.17, 15) is 4.79 Å². The molecule has 1 amide bonds. The maximum Gasteiger partial charge on any atom is 0.254 e. The molecule has 33 heavy (non-hydrogen) atoms. The molecule has 0 N–H and O–H groups in total. The number of pyridine rings is 1. The number of hydrogen-bond donors (Lipinski definition) is 0. The van der Waals surface area contributed by atoms with Gasteiger partial charge in [0.2, 0.25) is 0 Å². The molecule has 1 aliphatic rings. The molecule has 1 saturated heterocycles. The van der Waals surface area contributed by atoms with E-state index in [1.54, 1.807) is 7.11 Å². The normalized spacial score (nSPS) is 14.0. The van der Waals surface area contributed by atoms with Crippen LogP contribution in [0.15, 0.2) is 66.9 Å². The largest absolute Gasteiger partial charge is 0.495 e. The standard InChI is InChI=1S/C27H28N4O2/c1-19-10-11-22-20(17-19)21(18-23(28-22)24-8-6-12-29(24)2)27(32)31-15-13-30(14-16-31)25-7-4-5-9-26(25)33-3/h4-12,17-18H,13-16H2,1-3H3. The molecular formula is C27H28N4O2. The number of carbonyl (C=O) groups is 1. The summed E-state index contributed by atoms with van der Waals surface area (Å²) >= 11 is 0. The van der Waals surface area contributed by atoms with Crippen LogP contribution in [0.2, 0.25) is 0 Å². The highest BCUT2D eigenvalue weighted by atomic mass is 16.5. The molecule has 1 aliphatic heterocycles. The number of rotatable bonds is 4. The maximum absolute atomic E-state index is 13.7. The molecule has 2 aromatic carbocycles. The summed E-state index contributed by atoms with van der Waals surface area (Å²) in [6.07, 6.45) is 1.99. The Morgan fingerprint density at radius 3 is 2.48 bits per heavy atom. The number of aromatic nitrogens is 2. The first kappa shape index (κ1) is 21.1. The number of nitrogens with zero attached hydrogens (tertiary/aromatic N) is 4. The zero-order chi connectivity index (χ0) is 22.9. The molecule has 1 fully saturated rings. The predicted octanol–water partition coefficient (Wildman–Crippen LogP) is 4.52. The first-order valence-electron chi connectivity index (χ1n) is 11.3. The fraction of sp³-hybridized carbons (Fsp3) is 0.259. The molecular weight excluding hydrogens is 412 g/mol. The Morgan fingerprint density at radius 2 is 1.76 bits per heavy atom. The lowest BCUT2D eigenvalue weighted by atomic mass is 10.0. The first-order valence-corrected chi connectivity index (χ1v) is 11.3. The Kier molecular flexibility index (Phi) is 5.50. The van der Waals surface area contributed by atoms with Gasteiger partial charge in [-0.25, -0.2) is 4.98 Å². The Labute approximate surface area is 194 Å². The topological polar surface area (TPSA) is 50.6 Å². The molecule has 0 spiro atoms. The van der Waals surface area contributed by atoms with Gasteiger partial charge in [-0.3, -0.25) is 4.79 Å². The molecule has 6 nitrogen and oxygen atoms in total. The minimum absolute atomic E-state index is 0.0585. The Bertz CT molecular complexity index is 1320. The lowest BCUT2D eigenvalue weighted by Gasteiger charge is -2.36. The number of fused-ring (bicyclic) bond motifs is 1. The van der Waals surface area contributed by atoms with E-state index in [0.29, 0.717) is 18.7 Å². The smallest absolute Gasteiger partial charge is 0.254 e. The van der Waals surface area contributed by atoms with Crippen LogP contribution in [0.5, 0.6) is 5.75 Å². The van der Waals surface area contributed by atoms with Gasteiger partial charge >= 0.3 is 0 Å². The van der Waals surface area contributed by atoms with Crippen LogP contribution >= 0.6 is 0 Å². The second kappa shape index (κ2) is 8.62. The van der Waals surface area contributed by atoms with Crippen LogP contribution in [-0.4, -0.2) is 53.6 Å². The molecule has 0 unspecified atom stereocenters. The number of ether oxygens (including phenoxy) is 1. The van der Waals surface area contributed by atoms with Crippen molar-refractivity contribution in [2.45, 2.75) is 6.92 Å². The maximum atomic E-state index is 13.7. The van der Waals surface area contributed by atoms with Crippen molar-refractivity contribution in [3.63, 3.8) is 0 Å². The van der Waals surface area contributed by atoms with Crippen LogP contribution < -0.4 is 9.64 Å². The second-order valence-corrected chi connectivity index (χ2v) is 8.53. The Morgan fingerprint density at radius 1 is 0.970 bits per heavy atom. The third-order valence-corrected chi connectivity index (χ3v) is 6.39. The highest BCUT2D eigenvalue weighted by molar-refractivity contribution is 6.07. The van der Waals surface area contributed by atoms with Crippen molar-refractivity contribution in [2.75, 3.05) is 38.2 Å². The zero-order valence-corrected chi connectivity index (χ0v) is 19.3. The van der Waals surface area contributed by atoms with Gasteiger partial charge < -0.3 is 19.1 Å². The molecule has 168 valence electrons.